The molecule has 7 heteroatoms. The number of benzene rings is 2. The number of Topliss-reactive ketones (excluding diaryl/α,β-unsaturated/α-hetero) is 1. The number of carbonyl (C=O) groups excluding carboxylic acids is 2. The summed E-state index contributed by atoms with van der Waals surface area (Å²) in [5.74, 6) is 0.978. The van der Waals surface area contributed by atoms with Crippen molar-refractivity contribution in [2.45, 2.75) is 35.9 Å². The fourth-order valence-corrected chi connectivity index (χ4v) is 7.30. The molecule has 2 aliphatic carbocycles. The molecule has 4 nitrogen and oxygen atoms in total. The molecule has 1 heterocycles. The molecule has 2 aliphatic rings. The molecule has 38 heavy (non-hydrogen) atoms. The molecule has 2 aromatic carbocycles. The molecule has 1 unspecified atom stereocenters. The van der Waals surface area contributed by atoms with Crippen molar-refractivity contribution in [1.29, 1.82) is 0 Å². The normalized spacial score (nSPS) is 16.5. The first-order valence-electron chi connectivity index (χ1n) is 12.5. The number of carbonyl (C=O) groups is 2. The number of hydrogen-bond donors (Lipinski definition) is 1. The summed E-state index contributed by atoms with van der Waals surface area (Å²) < 4.78 is 19.8. The molecule has 1 atom stereocenters. The maximum atomic E-state index is 13.6. The highest BCUT2D eigenvalue weighted by Gasteiger charge is 2.34. The molecule has 0 saturated heterocycles. The minimum atomic E-state index is -0.339. The molecule has 1 aromatic heterocycles. The van der Waals surface area contributed by atoms with Crippen molar-refractivity contribution in [1.82, 2.24) is 5.32 Å². The fraction of sp³-hybridized carbons (Fsp3) is 0.226. The molecule has 5 rings (SSSR count). The van der Waals surface area contributed by atoms with Gasteiger partial charge in [-0.2, -0.15) is 0 Å². The number of thioether (sulfide) groups is 1. The van der Waals surface area contributed by atoms with E-state index < -0.39 is 0 Å². The number of nitrogens with one attached hydrogen (secondary N) is 1. The van der Waals surface area contributed by atoms with Gasteiger partial charge in [-0.05, 0) is 65.3 Å². The highest BCUT2D eigenvalue weighted by Crippen LogP contribution is 2.44. The van der Waals surface area contributed by atoms with E-state index in [9.17, 15) is 14.0 Å². The van der Waals surface area contributed by atoms with Crippen LogP contribution in [0.5, 0.6) is 5.75 Å². The van der Waals surface area contributed by atoms with Crippen LogP contribution in [0.15, 0.2) is 88.7 Å². The zero-order valence-electron chi connectivity index (χ0n) is 21.0. The van der Waals surface area contributed by atoms with E-state index in [4.69, 9.17) is 4.74 Å². The van der Waals surface area contributed by atoms with Crippen LogP contribution in [0.3, 0.4) is 0 Å². The monoisotopic (exact) mass is 545 g/mol. The van der Waals surface area contributed by atoms with Crippen LogP contribution in [0.4, 0.5) is 4.39 Å². The van der Waals surface area contributed by atoms with E-state index in [1.54, 1.807) is 31.0 Å². The maximum absolute atomic E-state index is 13.6. The molecule has 1 N–H and O–H groups in total. The first-order chi connectivity index (χ1) is 18.5. The van der Waals surface area contributed by atoms with Gasteiger partial charge in [0.05, 0.1) is 16.2 Å². The van der Waals surface area contributed by atoms with Gasteiger partial charge in [0.15, 0.2) is 5.78 Å². The van der Waals surface area contributed by atoms with E-state index in [0.717, 1.165) is 33.3 Å². The second-order valence-electron chi connectivity index (χ2n) is 9.28. The number of ketones is 1. The predicted octanol–water partition coefficient (Wildman–Crippen LogP) is 7.27. The molecular formula is C31H28FNO3S2. The van der Waals surface area contributed by atoms with Gasteiger partial charge in [0.1, 0.15) is 11.6 Å². The minimum absolute atomic E-state index is 0.0123. The third-order valence-electron chi connectivity index (χ3n) is 6.71. The van der Waals surface area contributed by atoms with Gasteiger partial charge in [-0.25, -0.2) is 4.39 Å². The van der Waals surface area contributed by atoms with Crippen LogP contribution in [-0.2, 0) is 13.0 Å². The third kappa shape index (κ3) is 6.00. The SMILES string of the molecule is COc1ccc(C2CC(=O)c3c(SCC4=CCC=CC=C4)sc(C(=O)NCc4cccc(F)c4)c3C2)cc1. The van der Waals surface area contributed by atoms with Gasteiger partial charge in [0.25, 0.3) is 5.91 Å². The summed E-state index contributed by atoms with van der Waals surface area (Å²) in [6.45, 7) is 0.215. The average molecular weight is 546 g/mol. The second-order valence-corrected chi connectivity index (χ2v) is 11.5. The van der Waals surface area contributed by atoms with Crippen LogP contribution in [-0.4, -0.2) is 24.6 Å². The first-order valence-corrected chi connectivity index (χ1v) is 14.3. The van der Waals surface area contributed by atoms with Crippen LogP contribution in [0, 0.1) is 5.82 Å². The van der Waals surface area contributed by atoms with Gasteiger partial charge in [-0.3, -0.25) is 9.59 Å². The standard InChI is InChI=1S/C31H28FNO3S2/c1-36-25-13-11-22(12-14-25)23-16-26-28(27(34)17-23)31(37-19-20-7-4-2-3-5-8-20)38-29(26)30(35)33-18-21-9-6-10-24(32)15-21/h2-4,6-15,23H,5,16-19H2,1H3,(H,33,35). The number of ether oxygens (including phenoxy) is 1. The van der Waals surface area contributed by atoms with Crippen LogP contribution in [0.1, 0.15) is 55.5 Å². The van der Waals surface area contributed by atoms with E-state index >= 15 is 0 Å². The predicted molar refractivity (Wildman–Crippen MR) is 152 cm³/mol. The second kappa shape index (κ2) is 12.0. The van der Waals surface area contributed by atoms with Crippen molar-refractivity contribution in [3.8, 4) is 5.75 Å². The number of halogens is 1. The van der Waals surface area contributed by atoms with E-state index in [2.05, 4.69) is 23.5 Å². The number of rotatable bonds is 8. The Morgan fingerprint density at radius 3 is 2.79 bits per heavy atom. The largest absolute Gasteiger partial charge is 0.497 e. The molecule has 0 bridgehead atoms. The van der Waals surface area contributed by atoms with E-state index in [1.165, 1.54) is 29.0 Å². The Kier molecular flexibility index (Phi) is 8.25. The lowest BCUT2D eigenvalue weighted by atomic mass is 9.80. The molecule has 0 fully saturated rings. The van der Waals surface area contributed by atoms with E-state index in [1.807, 2.05) is 36.4 Å². The average Bonchev–Trinajstić information content (AvgIpc) is 3.10. The van der Waals surface area contributed by atoms with Crippen molar-refractivity contribution in [3.05, 3.63) is 117 Å². The van der Waals surface area contributed by atoms with Crippen LogP contribution in [0.2, 0.25) is 0 Å². The highest BCUT2D eigenvalue weighted by molar-refractivity contribution is 8.01. The summed E-state index contributed by atoms with van der Waals surface area (Å²) in [7, 11) is 1.63. The lowest BCUT2D eigenvalue weighted by Gasteiger charge is -2.23. The first kappa shape index (κ1) is 26.2. The zero-order valence-corrected chi connectivity index (χ0v) is 22.7. The molecule has 0 spiro atoms. The van der Waals surface area contributed by atoms with Crippen LogP contribution < -0.4 is 10.1 Å². The summed E-state index contributed by atoms with van der Waals surface area (Å²) in [6.07, 6.45) is 12.3. The van der Waals surface area contributed by atoms with Gasteiger partial charge in [-0.1, -0.05) is 54.6 Å². The van der Waals surface area contributed by atoms with Crippen molar-refractivity contribution in [3.63, 3.8) is 0 Å². The fourth-order valence-electron chi connectivity index (χ4n) is 4.75. The van der Waals surface area contributed by atoms with Crippen molar-refractivity contribution in [2.75, 3.05) is 12.9 Å². The third-order valence-corrected chi connectivity index (χ3v) is 9.29. The quantitative estimate of drug-likeness (QED) is 0.303. The van der Waals surface area contributed by atoms with Gasteiger partial charge in [0, 0.05) is 24.3 Å². The van der Waals surface area contributed by atoms with Crippen molar-refractivity contribution < 1.29 is 18.7 Å². The summed E-state index contributed by atoms with van der Waals surface area (Å²) in [4.78, 5) is 27.5. The Bertz CT molecular complexity index is 1440. The number of thiophene rings is 1. The lowest BCUT2D eigenvalue weighted by Crippen LogP contribution is -2.25. The highest BCUT2D eigenvalue weighted by atomic mass is 32.2. The minimum Gasteiger partial charge on any atom is -0.497 e. The zero-order chi connectivity index (χ0) is 26.5. The topological polar surface area (TPSA) is 55.4 Å². The number of hydrogen-bond acceptors (Lipinski definition) is 5. The maximum Gasteiger partial charge on any atom is 0.261 e. The Morgan fingerprint density at radius 1 is 1.16 bits per heavy atom. The molecule has 0 saturated carbocycles. The number of allylic oxidation sites excluding steroid dienone is 5. The number of amides is 1. The van der Waals surface area contributed by atoms with Gasteiger partial charge in [-0.15, -0.1) is 23.1 Å². The smallest absolute Gasteiger partial charge is 0.261 e. The molecular weight excluding hydrogens is 517 g/mol. The summed E-state index contributed by atoms with van der Waals surface area (Å²) in [5.41, 5.74) is 4.44. The van der Waals surface area contributed by atoms with Gasteiger partial charge in [0.2, 0.25) is 0 Å². The van der Waals surface area contributed by atoms with Crippen molar-refractivity contribution in [2.24, 2.45) is 0 Å². The van der Waals surface area contributed by atoms with Gasteiger partial charge >= 0.3 is 0 Å². The number of fused-ring (bicyclic) bond motifs is 1. The Labute approximate surface area is 230 Å². The summed E-state index contributed by atoms with van der Waals surface area (Å²) in [6, 6.07) is 14.0. The molecule has 0 radical (unpaired) electrons. The Hall–Kier alpha value is -3.42. The molecule has 194 valence electrons. The van der Waals surface area contributed by atoms with E-state index in [-0.39, 0.29) is 30.0 Å². The Balaban J connectivity index is 1.43. The van der Waals surface area contributed by atoms with Crippen molar-refractivity contribution >= 4 is 34.8 Å². The summed E-state index contributed by atoms with van der Waals surface area (Å²) in [5, 5.41) is 2.94. The summed E-state index contributed by atoms with van der Waals surface area (Å²) >= 11 is 3.01. The Morgan fingerprint density at radius 2 is 2.00 bits per heavy atom. The van der Waals surface area contributed by atoms with Crippen LogP contribution >= 0.6 is 23.1 Å². The molecule has 3 aromatic rings. The number of methoxy groups -OCH3 is 1. The van der Waals surface area contributed by atoms with E-state index in [0.29, 0.717) is 28.8 Å². The lowest BCUT2D eigenvalue weighted by molar-refractivity contribution is 0.0953. The molecule has 1 amide bonds. The molecule has 0 aliphatic heterocycles. The van der Waals surface area contributed by atoms with Crippen LogP contribution in [0.25, 0.3) is 0 Å². The van der Waals surface area contributed by atoms with Gasteiger partial charge < -0.3 is 10.1 Å².